The normalized spacial score (nSPS) is 19.6. The summed E-state index contributed by atoms with van der Waals surface area (Å²) < 4.78 is 6.70. The van der Waals surface area contributed by atoms with Gasteiger partial charge in [-0.1, -0.05) is 29.8 Å². The Morgan fingerprint density at radius 3 is 2.86 bits per heavy atom. The van der Waals surface area contributed by atoms with Crippen LogP contribution in [0.5, 0.6) is 5.75 Å². The maximum Gasteiger partial charge on any atom is 0.127 e. The van der Waals surface area contributed by atoms with Crippen LogP contribution in [-0.2, 0) is 0 Å². The quantitative estimate of drug-likeness (QED) is 0.838. The van der Waals surface area contributed by atoms with Crippen LogP contribution in [0.25, 0.3) is 0 Å². The first-order valence-corrected chi connectivity index (χ1v) is 5.60. The number of hydrogen-bond acceptors (Lipinski definition) is 2. The molecule has 14 heavy (non-hydrogen) atoms. The van der Waals surface area contributed by atoms with Crippen LogP contribution in [0.15, 0.2) is 16.6 Å². The Bertz CT molecular complexity index is 363. The lowest BCUT2D eigenvalue weighted by Gasteiger charge is -2.11. The molecule has 0 aliphatic carbocycles. The first kappa shape index (κ1) is 9.99. The lowest BCUT2D eigenvalue weighted by molar-refractivity contribution is 0.329. The van der Waals surface area contributed by atoms with Gasteiger partial charge in [0.15, 0.2) is 0 Å². The summed E-state index contributed by atoms with van der Waals surface area (Å²) in [5, 5.41) is 0. The van der Waals surface area contributed by atoms with Crippen LogP contribution in [0.2, 0.25) is 0 Å². The number of halogens is 1. The van der Waals surface area contributed by atoms with Crippen LogP contribution < -0.4 is 10.5 Å². The van der Waals surface area contributed by atoms with Gasteiger partial charge in [-0.15, -0.1) is 0 Å². The number of hydrogen-bond donors (Lipinski definition) is 1. The van der Waals surface area contributed by atoms with Crippen molar-refractivity contribution < 1.29 is 4.74 Å². The topological polar surface area (TPSA) is 35.2 Å². The second-order valence-electron chi connectivity index (χ2n) is 3.99. The number of fused-ring (bicyclic) bond motifs is 1. The molecule has 0 fully saturated rings. The van der Waals surface area contributed by atoms with E-state index in [9.17, 15) is 0 Å². The minimum absolute atomic E-state index is 0.0278. The standard InChI is InChI=1S/C11H14BrNO/c1-6(2)8-3-7(12)4-9-10(13)5-14-11(8)9/h3-4,6,10H,5,13H2,1-2H3. The van der Waals surface area contributed by atoms with Crippen LogP contribution in [0, 0.1) is 0 Å². The summed E-state index contributed by atoms with van der Waals surface area (Å²) in [5.41, 5.74) is 8.30. The molecule has 1 aliphatic rings. The molecule has 2 N–H and O–H groups in total. The van der Waals surface area contributed by atoms with E-state index < -0.39 is 0 Å². The molecule has 1 heterocycles. The van der Waals surface area contributed by atoms with Gasteiger partial charge in [-0.3, -0.25) is 0 Å². The lowest BCUT2D eigenvalue weighted by Crippen LogP contribution is -2.10. The summed E-state index contributed by atoms with van der Waals surface area (Å²) in [6.45, 7) is 4.93. The molecule has 0 amide bonds. The van der Waals surface area contributed by atoms with Crippen molar-refractivity contribution >= 4 is 15.9 Å². The molecule has 0 radical (unpaired) electrons. The summed E-state index contributed by atoms with van der Waals surface area (Å²) in [6.07, 6.45) is 0. The van der Waals surface area contributed by atoms with E-state index in [1.54, 1.807) is 0 Å². The fourth-order valence-corrected chi connectivity index (χ4v) is 2.26. The molecule has 0 bridgehead atoms. The van der Waals surface area contributed by atoms with Gasteiger partial charge < -0.3 is 10.5 Å². The van der Waals surface area contributed by atoms with Gasteiger partial charge in [-0.05, 0) is 23.6 Å². The molecule has 1 atom stereocenters. The molecule has 0 saturated carbocycles. The van der Waals surface area contributed by atoms with Crippen molar-refractivity contribution in [1.29, 1.82) is 0 Å². The number of benzene rings is 1. The third-order valence-electron chi connectivity index (χ3n) is 2.54. The molecule has 2 rings (SSSR count). The molecular weight excluding hydrogens is 242 g/mol. The zero-order valence-corrected chi connectivity index (χ0v) is 9.97. The van der Waals surface area contributed by atoms with Crippen LogP contribution in [0.1, 0.15) is 36.9 Å². The second-order valence-corrected chi connectivity index (χ2v) is 4.90. The first-order chi connectivity index (χ1) is 6.59. The predicted octanol–water partition coefficient (Wildman–Crippen LogP) is 2.96. The van der Waals surface area contributed by atoms with Crippen molar-refractivity contribution in [2.24, 2.45) is 5.73 Å². The fourth-order valence-electron chi connectivity index (χ4n) is 1.77. The van der Waals surface area contributed by atoms with Gasteiger partial charge in [0.1, 0.15) is 12.4 Å². The van der Waals surface area contributed by atoms with Crippen molar-refractivity contribution in [1.82, 2.24) is 0 Å². The summed E-state index contributed by atoms with van der Waals surface area (Å²) in [4.78, 5) is 0. The first-order valence-electron chi connectivity index (χ1n) is 4.81. The van der Waals surface area contributed by atoms with E-state index in [1.807, 2.05) is 0 Å². The molecule has 2 nitrogen and oxygen atoms in total. The van der Waals surface area contributed by atoms with Gasteiger partial charge in [-0.25, -0.2) is 0 Å². The SMILES string of the molecule is CC(C)c1cc(Br)cc2c1OCC2N. The van der Waals surface area contributed by atoms with E-state index in [2.05, 4.69) is 41.9 Å². The smallest absolute Gasteiger partial charge is 0.127 e. The van der Waals surface area contributed by atoms with E-state index in [-0.39, 0.29) is 6.04 Å². The van der Waals surface area contributed by atoms with Gasteiger partial charge in [0, 0.05) is 10.0 Å². The maximum atomic E-state index is 5.94. The largest absolute Gasteiger partial charge is 0.491 e. The minimum Gasteiger partial charge on any atom is -0.491 e. The van der Waals surface area contributed by atoms with Crippen LogP contribution in [0.4, 0.5) is 0 Å². The minimum atomic E-state index is 0.0278. The molecular formula is C11H14BrNO. The number of nitrogens with two attached hydrogens (primary N) is 1. The van der Waals surface area contributed by atoms with E-state index in [4.69, 9.17) is 10.5 Å². The molecule has 0 spiro atoms. The van der Waals surface area contributed by atoms with Crippen molar-refractivity contribution in [2.45, 2.75) is 25.8 Å². The van der Waals surface area contributed by atoms with Gasteiger partial charge in [0.25, 0.3) is 0 Å². The number of rotatable bonds is 1. The summed E-state index contributed by atoms with van der Waals surface area (Å²) in [7, 11) is 0. The Hall–Kier alpha value is -0.540. The Kier molecular flexibility index (Phi) is 2.54. The molecule has 76 valence electrons. The van der Waals surface area contributed by atoms with Crippen molar-refractivity contribution in [3.8, 4) is 5.75 Å². The highest BCUT2D eigenvalue weighted by Gasteiger charge is 2.24. The average Bonchev–Trinajstić information content (AvgIpc) is 2.47. The molecule has 1 unspecified atom stereocenters. The van der Waals surface area contributed by atoms with E-state index in [0.717, 1.165) is 15.8 Å². The van der Waals surface area contributed by atoms with Gasteiger partial charge in [0.05, 0.1) is 6.04 Å². The highest BCUT2D eigenvalue weighted by atomic mass is 79.9. The average molecular weight is 256 g/mol. The Morgan fingerprint density at radius 1 is 1.50 bits per heavy atom. The highest BCUT2D eigenvalue weighted by Crippen LogP contribution is 2.39. The van der Waals surface area contributed by atoms with Crippen molar-refractivity contribution in [2.75, 3.05) is 6.61 Å². The monoisotopic (exact) mass is 255 g/mol. The summed E-state index contributed by atoms with van der Waals surface area (Å²) in [5.74, 6) is 1.46. The van der Waals surface area contributed by atoms with Gasteiger partial charge >= 0.3 is 0 Å². The molecule has 1 aromatic rings. The predicted molar refractivity (Wildman–Crippen MR) is 60.7 cm³/mol. The fraction of sp³-hybridized carbons (Fsp3) is 0.455. The van der Waals surface area contributed by atoms with E-state index in [0.29, 0.717) is 12.5 Å². The summed E-state index contributed by atoms with van der Waals surface area (Å²) in [6, 6.07) is 4.19. The molecule has 1 aromatic carbocycles. The van der Waals surface area contributed by atoms with E-state index in [1.165, 1.54) is 5.56 Å². The zero-order chi connectivity index (χ0) is 10.3. The van der Waals surface area contributed by atoms with Crippen LogP contribution in [0.3, 0.4) is 0 Å². The van der Waals surface area contributed by atoms with Crippen molar-refractivity contribution in [3.05, 3.63) is 27.7 Å². The van der Waals surface area contributed by atoms with Gasteiger partial charge in [0.2, 0.25) is 0 Å². The third kappa shape index (κ3) is 1.55. The molecule has 0 saturated heterocycles. The lowest BCUT2D eigenvalue weighted by atomic mass is 9.98. The van der Waals surface area contributed by atoms with E-state index >= 15 is 0 Å². The molecule has 0 aromatic heterocycles. The van der Waals surface area contributed by atoms with Crippen LogP contribution in [-0.4, -0.2) is 6.61 Å². The number of ether oxygens (including phenoxy) is 1. The zero-order valence-electron chi connectivity index (χ0n) is 8.38. The Labute approximate surface area is 92.6 Å². The van der Waals surface area contributed by atoms with Crippen LogP contribution >= 0.6 is 15.9 Å². The maximum absolute atomic E-state index is 5.94. The Morgan fingerprint density at radius 2 is 2.21 bits per heavy atom. The van der Waals surface area contributed by atoms with Crippen molar-refractivity contribution in [3.63, 3.8) is 0 Å². The third-order valence-corrected chi connectivity index (χ3v) is 3.00. The highest BCUT2D eigenvalue weighted by molar-refractivity contribution is 9.10. The van der Waals surface area contributed by atoms with Gasteiger partial charge in [-0.2, -0.15) is 0 Å². The molecule has 1 aliphatic heterocycles. The second kappa shape index (κ2) is 3.55. The Balaban J connectivity index is 2.57. The summed E-state index contributed by atoms with van der Waals surface area (Å²) >= 11 is 3.50. The molecule has 3 heteroatoms.